The Hall–Kier alpha value is -1.17. The molecule has 0 aliphatic carbocycles. The molecule has 1 atom stereocenters. The van der Waals surface area contributed by atoms with Gasteiger partial charge in [-0.3, -0.25) is 0 Å². The molecule has 1 aromatic rings. The summed E-state index contributed by atoms with van der Waals surface area (Å²) in [7, 11) is 2.09. The highest BCUT2D eigenvalue weighted by atomic mass is 127. The molecule has 4 heteroatoms. The van der Waals surface area contributed by atoms with Gasteiger partial charge in [0.15, 0.2) is 6.17 Å². The van der Waals surface area contributed by atoms with E-state index in [1.165, 1.54) is 9.27 Å². The third-order valence-corrected chi connectivity index (χ3v) is 4.16. The SMILES string of the molecule is CN1C(I)=C2C=CON2C1c1ccccc1. The van der Waals surface area contributed by atoms with E-state index in [1.54, 1.807) is 6.26 Å². The van der Waals surface area contributed by atoms with Crippen LogP contribution in [0.25, 0.3) is 0 Å². The summed E-state index contributed by atoms with van der Waals surface area (Å²) in [6, 6.07) is 10.4. The molecule has 0 radical (unpaired) electrons. The standard InChI is InChI=1S/C12H11IN2O/c1-14-11(13)10-7-8-16-15(10)12(14)9-5-3-2-4-6-9/h2-8,12H,1H3. The highest BCUT2D eigenvalue weighted by Crippen LogP contribution is 2.43. The number of hydrogen-bond donors (Lipinski definition) is 0. The molecule has 1 aromatic carbocycles. The first-order valence-corrected chi connectivity index (χ1v) is 6.17. The fraction of sp³-hybridized carbons (Fsp3) is 0.167. The molecule has 3 nitrogen and oxygen atoms in total. The Morgan fingerprint density at radius 2 is 2.00 bits per heavy atom. The summed E-state index contributed by atoms with van der Waals surface area (Å²) in [6.07, 6.45) is 3.87. The van der Waals surface area contributed by atoms with Gasteiger partial charge >= 0.3 is 0 Å². The number of halogens is 1. The Balaban J connectivity index is 2.01. The molecule has 2 aliphatic rings. The largest absolute Gasteiger partial charge is 0.385 e. The van der Waals surface area contributed by atoms with Crippen LogP contribution in [0.1, 0.15) is 11.7 Å². The summed E-state index contributed by atoms with van der Waals surface area (Å²) in [5, 5.41) is 1.94. The topological polar surface area (TPSA) is 15.7 Å². The van der Waals surface area contributed by atoms with Gasteiger partial charge in [0.05, 0.1) is 0 Å². The average molecular weight is 326 g/mol. The molecular formula is C12H11IN2O. The zero-order valence-electron chi connectivity index (χ0n) is 8.80. The second-order valence-corrected chi connectivity index (χ2v) is 4.83. The molecule has 0 saturated heterocycles. The van der Waals surface area contributed by atoms with Gasteiger partial charge in [-0.2, -0.15) is 5.06 Å². The lowest BCUT2D eigenvalue weighted by Crippen LogP contribution is -2.27. The van der Waals surface area contributed by atoms with Crippen molar-refractivity contribution in [3.05, 3.63) is 57.6 Å². The molecule has 0 spiro atoms. The van der Waals surface area contributed by atoms with E-state index >= 15 is 0 Å². The summed E-state index contributed by atoms with van der Waals surface area (Å²) < 4.78 is 1.21. The van der Waals surface area contributed by atoms with E-state index in [9.17, 15) is 0 Å². The van der Waals surface area contributed by atoms with Gasteiger partial charge < -0.3 is 9.74 Å². The maximum absolute atomic E-state index is 5.53. The smallest absolute Gasteiger partial charge is 0.164 e. The number of allylic oxidation sites excluding steroid dienone is 1. The molecule has 0 aromatic heterocycles. The fourth-order valence-corrected chi connectivity index (χ4v) is 2.75. The van der Waals surface area contributed by atoms with Crippen LogP contribution in [-0.4, -0.2) is 17.0 Å². The van der Waals surface area contributed by atoms with Crippen LogP contribution >= 0.6 is 22.6 Å². The summed E-state index contributed by atoms with van der Waals surface area (Å²) in [6.45, 7) is 0. The Bertz CT molecular complexity index is 469. The van der Waals surface area contributed by atoms with E-state index in [0.29, 0.717) is 0 Å². The van der Waals surface area contributed by atoms with Crippen LogP contribution < -0.4 is 0 Å². The summed E-state index contributed by atoms with van der Waals surface area (Å²) in [4.78, 5) is 7.75. The second-order valence-electron chi connectivity index (χ2n) is 3.81. The second kappa shape index (κ2) is 3.69. The highest BCUT2D eigenvalue weighted by molar-refractivity contribution is 14.1. The van der Waals surface area contributed by atoms with Gasteiger partial charge in [0.1, 0.15) is 15.7 Å². The molecule has 1 unspecified atom stereocenters. The Kier molecular flexibility index (Phi) is 2.31. The van der Waals surface area contributed by atoms with Crippen LogP contribution in [0.15, 0.2) is 52.1 Å². The van der Waals surface area contributed by atoms with Gasteiger partial charge in [-0.15, -0.1) is 0 Å². The number of nitrogens with zero attached hydrogens (tertiary/aromatic N) is 2. The quantitative estimate of drug-likeness (QED) is 0.583. The Labute approximate surface area is 108 Å². The van der Waals surface area contributed by atoms with E-state index < -0.39 is 0 Å². The fourth-order valence-electron chi connectivity index (χ4n) is 2.07. The van der Waals surface area contributed by atoms with E-state index in [0.717, 1.165) is 5.70 Å². The van der Waals surface area contributed by atoms with Crippen molar-refractivity contribution in [2.75, 3.05) is 7.05 Å². The van der Waals surface area contributed by atoms with E-state index in [1.807, 2.05) is 17.2 Å². The van der Waals surface area contributed by atoms with E-state index in [2.05, 4.69) is 58.8 Å². The normalized spacial score (nSPS) is 22.8. The Morgan fingerprint density at radius 3 is 2.75 bits per heavy atom. The highest BCUT2D eigenvalue weighted by Gasteiger charge is 2.38. The molecular weight excluding hydrogens is 315 g/mol. The van der Waals surface area contributed by atoms with Crippen molar-refractivity contribution in [3.63, 3.8) is 0 Å². The Morgan fingerprint density at radius 1 is 1.25 bits per heavy atom. The molecule has 2 heterocycles. The van der Waals surface area contributed by atoms with Crippen molar-refractivity contribution in [2.45, 2.75) is 6.17 Å². The van der Waals surface area contributed by atoms with Crippen LogP contribution in [-0.2, 0) is 4.84 Å². The summed E-state index contributed by atoms with van der Waals surface area (Å²) in [5.41, 5.74) is 2.37. The lowest BCUT2D eigenvalue weighted by atomic mass is 10.1. The van der Waals surface area contributed by atoms with Crippen molar-refractivity contribution in [1.29, 1.82) is 0 Å². The van der Waals surface area contributed by atoms with Crippen LogP contribution in [0.5, 0.6) is 0 Å². The van der Waals surface area contributed by atoms with Crippen molar-refractivity contribution >= 4 is 22.6 Å². The molecule has 82 valence electrons. The van der Waals surface area contributed by atoms with E-state index in [-0.39, 0.29) is 6.17 Å². The average Bonchev–Trinajstić information content (AvgIpc) is 2.86. The van der Waals surface area contributed by atoms with E-state index in [4.69, 9.17) is 4.84 Å². The molecule has 0 fully saturated rings. The number of hydrogen-bond acceptors (Lipinski definition) is 3. The number of rotatable bonds is 1. The van der Waals surface area contributed by atoms with Gasteiger partial charge in [-0.25, -0.2) is 0 Å². The molecule has 16 heavy (non-hydrogen) atoms. The van der Waals surface area contributed by atoms with Crippen LogP contribution in [0.4, 0.5) is 0 Å². The zero-order valence-corrected chi connectivity index (χ0v) is 11.0. The first-order valence-electron chi connectivity index (χ1n) is 5.09. The summed E-state index contributed by atoms with van der Waals surface area (Å²) >= 11 is 2.35. The van der Waals surface area contributed by atoms with Crippen molar-refractivity contribution < 1.29 is 4.84 Å². The van der Waals surface area contributed by atoms with Gasteiger partial charge in [0.25, 0.3) is 0 Å². The van der Waals surface area contributed by atoms with Crippen LogP contribution in [0.3, 0.4) is 0 Å². The van der Waals surface area contributed by atoms with Crippen molar-refractivity contribution in [1.82, 2.24) is 9.96 Å². The number of fused-ring (bicyclic) bond motifs is 1. The van der Waals surface area contributed by atoms with Crippen molar-refractivity contribution in [3.8, 4) is 0 Å². The predicted molar refractivity (Wildman–Crippen MR) is 70.1 cm³/mol. The predicted octanol–water partition coefficient (Wildman–Crippen LogP) is 3.00. The van der Waals surface area contributed by atoms with Crippen LogP contribution in [0, 0.1) is 0 Å². The maximum atomic E-state index is 5.53. The molecule has 0 N–H and O–H groups in total. The molecule has 0 amide bonds. The molecule has 0 saturated carbocycles. The minimum Gasteiger partial charge on any atom is -0.385 e. The third kappa shape index (κ3) is 1.32. The lowest BCUT2D eigenvalue weighted by Gasteiger charge is -2.28. The maximum Gasteiger partial charge on any atom is 0.164 e. The van der Waals surface area contributed by atoms with Gasteiger partial charge in [-0.1, -0.05) is 30.3 Å². The molecule has 0 bridgehead atoms. The number of hydroxylamine groups is 2. The van der Waals surface area contributed by atoms with Crippen molar-refractivity contribution in [2.24, 2.45) is 0 Å². The minimum absolute atomic E-state index is 0.137. The van der Waals surface area contributed by atoms with Gasteiger partial charge in [0, 0.05) is 13.1 Å². The lowest BCUT2D eigenvalue weighted by molar-refractivity contribution is -0.108. The molecule has 3 rings (SSSR count). The first kappa shape index (κ1) is 10.0. The first-order chi connectivity index (χ1) is 7.79. The zero-order chi connectivity index (χ0) is 11.1. The van der Waals surface area contributed by atoms with Gasteiger partial charge in [0.2, 0.25) is 0 Å². The van der Waals surface area contributed by atoms with Crippen LogP contribution in [0.2, 0.25) is 0 Å². The summed E-state index contributed by atoms with van der Waals surface area (Å²) in [5.74, 6) is 0. The molecule has 2 aliphatic heterocycles. The third-order valence-electron chi connectivity index (χ3n) is 2.85. The number of benzene rings is 1. The minimum atomic E-state index is 0.137. The van der Waals surface area contributed by atoms with Gasteiger partial charge in [-0.05, 0) is 28.2 Å². The monoisotopic (exact) mass is 326 g/mol.